The summed E-state index contributed by atoms with van der Waals surface area (Å²) in [5.74, 6) is 0.456. The zero-order chi connectivity index (χ0) is 17.1. The number of carbonyl (C=O) groups is 1. The van der Waals surface area contributed by atoms with Crippen LogP contribution in [0.25, 0.3) is 0 Å². The zero-order valence-electron chi connectivity index (χ0n) is 14.2. The maximum Gasteiger partial charge on any atom is 0.349 e. The number of nitrogens with zero attached hydrogens (tertiary/aromatic N) is 1. The quantitative estimate of drug-likeness (QED) is 0.847. The molecule has 1 aliphatic rings. The first-order valence-electron chi connectivity index (χ1n) is 8.55. The van der Waals surface area contributed by atoms with Crippen LogP contribution in [-0.4, -0.2) is 23.4 Å². The van der Waals surface area contributed by atoms with Gasteiger partial charge >= 0.3 is 5.63 Å². The number of likely N-dealkylation sites (tertiary alicyclic amines) is 1. The van der Waals surface area contributed by atoms with Crippen molar-refractivity contribution in [2.24, 2.45) is 0 Å². The first-order chi connectivity index (χ1) is 11.6. The summed E-state index contributed by atoms with van der Waals surface area (Å²) in [4.78, 5) is 26.5. The number of benzene rings is 1. The first-order valence-corrected chi connectivity index (χ1v) is 8.55. The third-order valence-corrected chi connectivity index (χ3v) is 4.73. The van der Waals surface area contributed by atoms with Gasteiger partial charge in [-0.3, -0.25) is 4.79 Å². The summed E-state index contributed by atoms with van der Waals surface area (Å²) < 4.78 is 5.40. The molecular weight excluding hydrogens is 302 g/mol. The highest BCUT2D eigenvalue weighted by molar-refractivity contribution is 5.95. The van der Waals surface area contributed by atoms with Gasteiger partial charge in [0, 0.05) is 19.0 Å². The van der Waals surface area contributed by atoms with Crippen molar-refractivity contribution in [1.29, 1.82) is 0 Å². The molecule has 0 N–H and O–H groups in total. The molecule has 1 aromatic heterocycles. The van der Waals surface area contributed by atoms with Crippen LogP contribution in [-0.2, 0) is 12.8 Å². The molecule has 1 aromatic carbocycles. The second-order valence-electron chi connectivity index (χ2n) is 6.53. The first kappa shape index (κ1) is 16.5. The van der Waals surface area contributed by atoms with Crippen molar-refractivity contribution >= 4 is 5.91 Å². The van der Waals surface area contributed by atoms with Crippen molar-refractivity contribution in [3.05, 3.63) is 69.3 Å². The molecule has 0 saturated carbocycles. The summed E-state index contributed by atoms with van der Waals surface area (Å²) >= 11 is 0. The van der Waals surface area contributed by atoms with Crippen molar-refractivity contribution in [2.45, 2.75) is 45.6 Å². The summed E-state index contributed by atoms with van der Waals surface area (Å²) in [7, 11) is 0. The molecule has 0 radical (unpaired) electrons. The van der Waals surface area contributed by atoms with E-state index in [1.165, 1.54) is 5.56 Å². The van der Waals surface area contributed by atoms with E-state index in [0.717, 1.165) is 25.8 Å². The van der Waals surface area contributed by atoms with Gasteiger partial charge in [-0.05, 0) is 50.3 Å². The highest BCUT2D eigenvalue weighted by Gasteiger charge is 2.31. The Kier molecular flexibility index (Phi) is 4.84. The summed E-state index contributed by atoms with van der Waals surface area (Å²) in [5, 5.41) is 0. The smallest absolute Gasteiger partial charge is 0.349 e. The van der Waals surface area contributed by atoms with Crippen LogP contribution in [0.15, 0.2) is 45.6 Å². The molecule has 1 atom stereocenters. The van der Waals surface area contributed by atoms with Crippen LogP contribution in [0.2, 0.25) is 0 Å². The molecule has 4 nitrogen and oxygen atoms in total. The van der Waals surface area contributed by atoms with Crippen molar-refractivity contribution in [3.63, 3.8) is 0 Å². The Labute approximate surface area is 142 Å². The molecule has 24 heavy (non-hydrogen) atoms. The minimum atomic E-state index is -0.506. The van der Waals surface area contributed by atoms with Gasteiger partial charge in [-0.1, -0.05) is 30.3 Å². The summed E-state index contributed by atoms with van der Waals surface area (Å²) in [6.07, 6.45) is 3.53. The standard InChI is InChI=1S/C20H23NO3/c1-14-13-17(10-6-9-16-7-4-3-5-8-16)24-20(23)18(14)19(22)21-12-11-15(21)2/h3-5,7-8,13,15H,6,9-12H2,1-2H3. The molecule has 0 bridgehead atoms. The van der Waals surface area contributed by atoms with E-state index in [1.54, 1.807) is 4.90 Å². The van der Waals surface area contributed by atoms with Gasteiger partial charge in [0.2, 0.25) is 0 Å². The second kappa shape index (κ2) is 7.04. The Morgan fingerprint density at radius 1 is 1.25 bits per heavy atom. The van der Waals surface area contributed by atoms with Gasteiger partial charge in [-0.15, -0.1) is 0 Å². The Morgan fingerprint density at radius 3 is 2.58 bits per heavy atom. The van der Waals surface area contributed by atoms with E-state index in [9.17, 15) is 9.59 Å². The van der Waals surface area contributed by atoms with Gasteiger partial charge in [0.1, 0.15) is 11.3 Å². The van der Waals surface area contributed by atoms with Crippen LogP contribution < -0.4 is 5.63 Å². The van der Waals surface area contributed by atoms with Crippen LogP contribution >= 0.6 is 0 Å². The van der Waals surface area contributed by atoms with Crippen LogP contribution in [0.4, 0.5) is 0 Å². The fourth-order valence-corrected chi connectivity index (χ4v) is 3.13. The predicted octanol–water partition coefficient (Wildman–Crippen LogP) is 3.36. The fourth-order valence-electron chi connectivity index (χ4n) is 3.13. The lowest BCUT2D eigenvalue weighted by molar-refractivity contribution is 0.0496. The molecule has 126 valence electrons. The Morgan fingerprint density at radius 2 is 2.00 bits per heavy atom. The molecule has 1 aliphatic heterocycles. The summed E-state index contributed by atoms with van der Waals surface area (Å²) in [6, 6.07) is 12.3. The maximum absolute atomic E-state index is 12.5. The van der Waals surface area contributed by atoms with Gasteiger partial charge < -0.3 is 9.32 Å². The van der Waals surface area contributed by atoms with Gasteiger partial charge in [0.15, 0.2) is 0 Å². The van der Waals surface area contributed by atoms with Gasteiger partial charge in [0.25, 0.3) is 5.91 Å². The number of hydrogen-bond acceptors (Lipinski definition) is 3. The number of hydrogen-bond donors (Lipinski definition) is 0. The van der Waals surface area contributed by atoms with E-state index in [1.807, 2.05) is 38.1 Å². The lowest BCUT2D eigenvalue weighted by Crippen LogP contribution is -2.50. The SMILES string of the molecule is Cc1cc(CCCc2ccccc2)oc(=O)c1C(=O)N1CCC1C. The van der Waals surface area contributed by atoms with Crippen LogP contribution in [0.1, 0.15) is 47.0 Å². The molecule has 0 aliphatic carbocycles. The molecule has 2 heterocycles. The minimum Gasteiger partial charge on any atom is -0.427 e. The van der Waals surface area contributed by atoms with Gasteiger partial charge in [-0.25, -0.2) is 4.79 Å². The molecule has 1 amide bonds. The van der Waals surface area contributed by atoms with Crippen LogP contribution in [0.5, 0.6) is 0 Å². The average Bonchev–Trinajstić information content (AvgIpc) is 2.54. The molecule has 2 aromatic rings. The van der Waals surface area contributed by atoms with Crippen molar-refractivity contribution in [2.75, 3.05) is 6.54 Å². The van der Waals surface area contributed by atoms with Gasteiger partial charge in [0.05, 0.1) is 0 Å². The summed E-state index contributed by atoms with van der Waals surface area (Å²) in [5.41, 5.74) is 1.67. The normalized spacial score (nSPS) is 16.8. The van der Waals surface area contributed by atoms with E-state index in [4.69, 9.17) is 4.42 Å². The number of amides is 1. The second-order valence-corrected chi connectivity index (χ2v) is 6.53. The van der Waals surface area contributed by atoms with Crippen molar-refractivity contribution in [3.8, 4) is 0 Å². The van der Waals surface area contributed by atoms with E-state index in [0.29, 0.717) is 17.7 Å². The molecule has 1 unspecified atom stereocenters. The predicted molar refractivity (Wildman–Crippen MR) is 93.3 cm³/mol. The zero-order valence-corrected chi connectivity index (χ0v) is 14.2. The van der Waals surface area contributed by atoms with Gasteiger partial charge in [-0.2, -0.15) is 0 Å². The van der Waals surface area contributed by atoms with E-state index in [2.05, 4.69) is 12.1 Å². The fraction of sp³-hybridized carbons (Fsp3) is 0.400. The van der Waals surface area contributed by atoms with E-state index in [-0.39, 0.29) is 17.5 Å². The maximum atomic E-state index is 12.5. The number of aryl methyl sites for hydroxylation is 3. The van der Waals surface area contributed by atoms with E-state index < -0.39 is 5.63 Å². The largest absolute Gasteiger partial charge is 0.427 e. The lowest BCUT2D eigenvalue weighted by Gasteiger charge is -2.38. The number of carbonyl (C=O) groups excluding carboxylic acids is 1. The Balaban J connectivity index is 1.68. The molecular formula is C20H23NO3. The Bertz CT molecular complexity index is 779. The summed E-state index contributed by atoms with van der Waals surface area (Å²) in [6.45, 7) is 4.53. The van der Waals surface area contributed by atoms with Crippen molar-refractivity contribution in [1.82, 2.24) is 4.90 Å². The lowest BCUT2D eigenvalue weighted by atomic mass is 10.0. The number of rotatable bonds is 5. The molecule has 1 fully saturated rings. The topological polar surface area (TPSA) is 50.5 Å². The Hall–Kier alpha value is -2.36. The van der Waals surface area contributed by atoms with Crippen molar-refractivity contribution < 1.29 is 9.21 Å². The van der Waals surface area contributed by atoms with Crippen LogP contribution in [0.3, 0.4) is 0 Å². The molecule has 3 rings (SSSR count). The highest BCUT2D eigenvalue weighted by atomic mass is 16.4. The minimum absolute atomic E-state index is 0.188. The third kappa shape index (κ3) is 3.42. The highest BCUT2D eigenvalue weighted by Crippen LogP contribution is 2.20. The molecule has 4 heteroatoms. The van der Waals surface area contributed by atoms with E-state index >= 15 is 0 Å². The third-order valence-electron chi connectivity index (χ3n) is 4.73. The average molecular weight is 325 g/mol. The van der Waals surface area contributed by atoms with Crippen LogP contribution in [0, 0.1) is 6.92 Å². The molecule has 0 spiro atoms. The molecule has 1 saturated heterocycles. The monoisotopic (exact) mass is 325 g/mol.